The Labute approximate surface area is 356 Å². The Hall–Kier alpha value is -6.13. The first-order chi connectivity index (χ1) is 29.3. The second kappa shape index (κ2) is 36.0. The summed E-state index contributed by atoms with van der Waals surface area (Å²) in [6, 6.07) is -1.23. The summed E-state index contributed by atoms with van der Waals surface area (Å²) in [6.45, 7) is 2.73. The zero-order valence-electron chi connectivity index (χ0n) is 34.1. The number of rotatable bonds is 20. The van der Waals surface area contributed by atoms with Crippen LogP contribution >= 0.6 is 0 Å². The van der Waals surface area contributed by atoms with Crippen LogP contribution in [0.3, 0.4) is 0 Å². The zero-order valence-corrected chi connectivity index (χ0v) is 34.1. The van der Waals surface area contributed by atoms with Gasteiger partial charge in [-0.15, -0.1) is 0 Å². The number of aliphatic hydroxyl groups is 6. The summed E-state index contributed by atoms with van der Waals surface area (Å²) in [5.41, 5.74) is 0. The average Bonchev–Trinajstić information content (AvgIpc) is 3.25. The van der Waals surface area contributed by atoms with E-state index in [1.54, 1.807) is 6.92 Å². The van der Waals surface area contributed by atoms with E-state index in [0.717, 1.165) is 19.3 Å². The molecule has 1 aliphatic rings. The van der Waals surface area contributed by atoms with Gasteiger partial charge in [0.25, 0.3) is 5.91 Å². The van der Waals surface area contributed by atoms with Crippen LogP contribution in [0.15, 0.2) is 0 Å². The third-order valence-electron chi connectivity index (χ3n) is 8.38. The van der Waals surface area contributed by atoms with Gasteiger partial charge in [-0.25, -0.2) is 0 Å². The monoisotopic (exact) mass is 809 g/mol. The first-order valence-electron chi connectivity index (χ1n) is 19.8. The molecule has 0 bridgehead atoms. The minimum atomic E-state index is -1.70. The quantitative estimate of drug-likeness (QED) is 0.0706. The van der Waals surface area contributed by atoms with Gasteiger partial charge in [-0.3, -0.25) is 4.79 Å². The molecule has 0 aromatic heterocycles. The molecule has 0 aromatic rings. The minimum absolute atomic E-state index is 0.259. The molecule has 60 heavy (non-hydrogen) atoms. The molecule has 7 N–H and O–H groups in total. The molecule has 0 aromatic carbocycles. The molecule has 0 aliphatic carbocycles. The van der Waals surface area contributed by atoms with Gasteiger partial charge in [-0.2, -0.15) is 0 Å². The summed E-state index contributed by atoms with van der Waals surface area (Å²) < 4.78 is 10.9. The maximum absolute atomic E-state index is 12.7. The molecule has 1 rings (SSSR count). The fourth-order valence-corrected chi connectivity index (χ4v) is 5.24. The zero-order chi connectivity index (χ0) is 43.9. The van der Waals surface area contributed by atoms with Crippen molar-refractivity contribution in [3.05, 3.63) is 0 Å². The van der Waals surface area contributed by atoms with Gasteiger partial charge in [0.2, 0.25) is 0 Å². The van der Waals surface area contributed by atoms with Crippen LogP contribution < -0.4 is 5.32 Å². The van der Waals surface area contributed by atoms with E-state index in [2.05, 4.69) is 154 Å². The highest BCUT2D eigenvalue weighted by atomic mass is 16.7. The first-order valence-corrected chi connectivity index (χ1v) is 19.8. The number of nitrogens with one attached hydrogen (secondary N) is 1. The van der Waals surface area contributed by atoms with Gasteiger partial charge in [-0.05, 0) is 108 Å². The fraction of sp³-hybridized carbons (Fsp3) is 0.500. The molecule has 0 saturated carbocycles. The van der Waals surface area contributed by atoms with Crippen molar-refractivity contribution in [2.24, 2.45) is 0 Å². The summed E-state index contributed by atoms with van der Waals surface area (Å²) in [5, 5.41) is 64.3. The van der Waals surface area contributed by atoms with Gasteiger partial charge in [0.1, 0.15) is 30.5 Å². The van der Waals surface area contributed by atoms with Gasteiger partial charge in [-0.1, -0.05) is 89.9 Å². The van der Waals surface area contributed by atoms with E-state index in [-0.39, 0.29) is 6.42 Å². The van der Waals surface area contributed by atoms with E-state index < -0.39 is 68.1 Å². The predicted molar refractivity (Wildman–Crippen MR) is 228 cm³/mol. The molecule has 1 aliphatic heterocycles. The minimum Gasteiger partial charge on any atom is -0.394 e. The van der Waals surface area contributed by atoms with Crippen LogP contribution in [0.5, 0.6) is 0 Å². The lowest BCUT2D eigenvalue weighted by Gasteiger charge is -2.40. The molecule has 1 fully saturated rings. The van der Waals surface area contributed by atoms with Gasteiger partial charge < -0.3 is 45.4 Å². The van der Waals surface area contributed by atoms with Crippen molar-refractivity contribution in [3.8, 4) is 142 Å². The Morgan fingerprint density at radius 2 is 0.983 bits per heavy atom. The lowest BCUT2D eigenvalue weighted by molar-refractivity contribution is -0.303. The molecule has 0 spiro atoms. The highest BCUT2D eigenvalue weighted by Crippen LogP contribution is 2.23. The Morgan fingerprint density at radius 3 is 1.40 bits per heavy atom. The van der Waals surface area contributed by atoms with Crippen molar-refractivity contribution in [1.29, 1.82) is 0 Å². The Kier molecular flexibility index (Phi) is 31.1. The van der Waals surface area contributed by atoms with Crippen molar-refractivity contribution in [1.82, 2.24) is 5.32 Å². The molecule has 0 radical (unpaired) electrons. The van der Waals surface area contributed by atoms with Crippen LogP contribution in [-0.4, -0.2) is 98.7 Å². The molecular weight excluding hydrogens is 759 g/mol. The Balaban J connectivity index is 2.73. The number of hydrogen-bond acceptors (Lipinski definition) is 9. The lowest BCUT2D eigenvalue weighted by Crippen LogP contribution is -2.60. The van der Waals surface area contributed by atoms with Gasteiger partial charge in [0.05, 0.1) is 25.4 Å². The van der Waals surface area contributed by atoms with E-state index >= 15 is 0 Å². The van der Waals surface area contributed by atoms with E-state index in [9.17, 15) is 35.4 Å². The van der Waals surface area contributed by atoms with Crippen molar-refractivity contribution in [2.45, 2.75) is 146 Å². The number of unbranched alkanes of at least 4 members (excludes halogenated alkanes) is 11. The topological polar surface area (TPSA) is 169 Å². The van der Waals surface area contributed by atoms with Crippen LogP contribution in [0.1, 0.15) is 97.3 Å². The molecule has 310 valence electrons. The Morgan fingerprint density at radius 1 is 0.583 bits per heavy atom. The molecular formula is C50H51NO9. The normalized spacial score (nSPS) is 17.8. The molecule has 1 heterocycles. The second-order valence-electron chi connectivity index (χ2n) is 13.0. The molecule has 10 nitrogen and oxygen atoms in total. The van der Waals surface area contributed by atoms with Crippen LogP contribution in [0, 0.1) is 142 Å². The van der Waals surface area contributed by atoms with Crippen molar-refractivity contribution in [3.63, 3.8) is 0 Å². The van der Waals surface area contributed by atoms with Crippen LogP contribution in [0.2, 0.25) is 0 Å². The van der Waals surface area contributed by atoms with Crippen LogP contribution in [0.25, 0.3) is 0 Å². The molecule has 1 amide bonds. The van der Waals surface area contributed by atoms with Crippen LogP contribution in [-0.2, 0) is 14.3 Å². The number of hydrogen-bond donors (Lipinski definition) is 7. The third-order valence-corrected chi connectivity index (χ3v) is 8.38. The lowest BCUT2D eigenvalue weighted by atomic mass is 9.98. The SMILES string of the molecule is CC#CC#CC#CC#CC#CC#CC#CC#CC#CC#CC#CC#CC(=O)N[C@@H](CO[C@H]1OC(CO)[C@H](O)[C@H](O)C1O)[C@H](O)[C@H](O)CCCCCCCCCCCCCC. The summed E-state index contributed by atoms with van der Waals surface area (Å²) in [5.74, 6) is 58.4. The first kappa shape index (κ1) is 51.9. The number of amides is 1. The van der Waals surface area contributed by atoms with E-state index in [1.165, 1.54) is 51.4 Å². The van der Waals surface area contributed by atoms with Gasteiger partial charge >= 0.3 is 0 Å². The third kappa shape index (κ3) is 26.0. The van der Waals surface area contributed by atoms with Crippen molar-refractivity contribution >= 4 is 5.91 Å². The summed E-state index contributed by atoms with van der Waals surface area (Å²) >= 11 is 0. The predicted octanol–water partition coefficient (Wildman–Crippen LogP) is 1.16. The summed E-state index contributed by atoms with van der Waals surface area (Å²) in [7, 11) is 0. The Bertz CT molecular complexity index is 2140. The van der Waals surface area contributed by atoms with Crippen LogP contribution in [0.4, 0.5) is 0 Å². The standard InChI is InChI=1S/C50H51NO9/c1-3-5-7-9-11-13-15-17-18-19-20-21-22-23-24-25-26-27-29-31-33-35-37-39-45(54)51-42(41-59-50-49(58)48(57)47(56)44(40-52)60-50)46(55)43(53)38-36-34-32-30-28-16-14-12-10-8-6-4-2/h42-44,46-50,52-53,55-58H,4,6,8,10,12,14,16,28,30,32,34,36,38,40-41H2,1-2H3,(H,51,54)/t42-,43+,44?,46-,47-,48-,49?,50-/m0/s1. The van der Waals surface area contributed by atoms with Gasteiger partial charge in [0.15, 0.2) is 6.29 Å². The fourth-order valence-electron chi connectivity index (χ4n) is 5.24. The van der Waals surface area contributed by atoms with Gasteiger partial charge in [0, 0.05) is 41.4 Å². The number of ether oxygens (including phenoxy) is 2. The smallest absolute Gasteiger partial charge is 0.297 e. The van der Waals surface area contributed by atoms with E-state index in [0.29, 0.717) is 6.42 Å². The largest absolute Gasteiger partial charge is 0.394 e. The van der Waals surface area contributed by atoms with E-state index in [1.807, 2.05) is 0 Å². The maximum Gasteiger partial charge on any atom is 0.297 e. The van der Waals surface area contributed by atoms with E-state index in [4.69, 9.17) is 9.47 Å². The summed E-state index contributed by atoms with van der Waals surface area (Å²) in [4.78, 5) is 12.7. The highest BCUT2D eigenvalue weighted by molar-refractivity contribution is 5.94. The van der Waals surface area contributed by atoms with Crippen molar-refractivity contribution in [2.75, 3.05) is 13.2 Å². The maximum atomic E-state index is 12.7. The number of carbonyl (C=O) groups excluding carboxylic acids is 1. The molecule has 10 heteroatoms. The molecule has 8 atom stereocenters. The second-order valence-corrected chi connectivity index (χ2v) is 13.0. The average molecular weight is 810 g/mol. The molecule has 1 saturated heterocycles. The highest BCUT2D eigenvalue weighted by Gasteiger charge is 2.44. The molecule has 2 unspecified atom stereocenters. The van der Waals surface area contributed by atoms with Crippen molar-refractivity contribution < 1.29 is 44.9 Å². The number of carbonyl (C=O) groups is 1. The number of aliphatic hydroxyl groups excluding tert-OH is 6. The summed E-state index contributed by atoms with van der Waals surface area (Å²) in [6.07, 6.45) is 3.47.